The van der Waals surface area contributed by atoms with Gasteiger partial charge in [-0.15, -0.1) is 0 Å². The van der Waals surface area contributed by atoms with E-state index in [1.54, 1.807) is 7.11 Å². The lowest BCUT2D eigenvalue weighted by Gasteiger charge is -2.27. The molecule has 0 spiro atoms. The molecule has 0 amide bonds. The zero-order valence-corrected chi connectivity index (χ0v) is 12.8. The van der Waals surface area contributed by atoms with Crippen LogP contribution in [0.25, 0.3) is 0 Å². The van der Waals surface area contributed by atoms with Crippen LogP contribution < -0.4 is 5.32 Å². The number of ether oxygens (including phenoxy) is 1. The fraction of sp³-hybridized carbons (Fsp3) is 1.00. The molecule has 0 bridgehead atoms. The molecule has 4 nitrogen and oxygen atoms in total. The van der Waals surface area contributed by atoms with Gasteiger partial charge in [0.15, 0.2) is 0 Å². The summed E-state index contributed by atoms with van der Waals surface area (Å²) < 4.78 is 5.14. The largest absolute Gasteiger partial charge is 0.395 e. The standard InChI is InChI=1S/C14H32N2O2/c1-12(2)10-16(8-9-18-5)7-6-14(11-17)15-13(3)4/h12-15,17H,6-11H2,1-5H3. The Labute approximate surface area is 113 Å². The fourth-order valence-corrected chi connectivity index (χ4v) is 2.07. The number of hydrogen-bond donors (Lipinski definition) is 2. The van der Waals surface area contributed by atoms with E-state index in [0.29, 0.717) is 12.0 Å². The summed E-state index contributed by atoms with van der Waals surface area (Å²) in [5.41, 5.74) is 0. The highest BCUT2D eigenvalue weighted by Crippen LogP contribution is 2.02. The van der Waals surface area contributed by atoms with Gasteiger partial charge in [0.1, 0.15) is 0 Å². The number of aliphatic hydroxyl groups excluding tert-OH is 1. The predicted octanol–water partition coefficient (Wildman–Crippen LogP) is 1.34. The summed E-state index contributed by atoms with van der Waals surface area (Å²) in [5.74, 6) is 0.660. The third kappa shape index (κ3) is 9.83. The van der Waals surface area contributed by atoms with E-state index in [2.05, 4.69) is 37.9 Å². The summed E-state index contributed by atoms with van der Waals surface area (Å²) in [4.78, 5) is 2.42. The van der Waals surface area contributed by atoms with E-state index in [9.17, 15) is 5.11 Å². The average molecular weight is 260 g/mol. The first-order chi connectivity index (χ1) is 8.49. The molecule has 0 aliphatic rings. The highest BCUT2D eigenvalue weighted by atomic mass is 16.5. The van der Waals surface area contributed by atoms with Crippen molar-refractivity contribution in [3.63, 3.8) is 0 Å². The normalized spacial score (nSPS) is 13.8. The molecule has 0 aromatic rings. The van der Waals surface area contributed by atoms with Crippen LogP contribution in [0.5, 0.6) is 0 Å². The van der Waals surface area contributed by atoms with E-state index >= 15 is 0 Å². The second kappa shape index (κ2) is 10.7. The van der Waals surface area contributed by atoms with Crippen molar-refractivity contribution in [2.45, 2.75) is 46.2 Å². The summed E-state index contributed by atoms with van der Waals surface area (Å²) in [5, 5.41) is 12.7. The van der Waals surface area contributed by atoms with E-state index in [1.807, 2.05) is 0 Å². The summed E-state index contributed by atoms with van der Waals surface area (Å²) in [7, 11) is 1.74. The van der Waals surface area contributed by atoms with Gasteiger partial charge < -0.3 is 20.1 Å². The first kappa shape index (κ1) is 17.8. The lowest BCUT2D eigenvalue weighted by molar-refractivity contribution is 0.131. The van der Waals surface area contributed by atoms with Crippen LogP contribution in [0.4, 0.5) is 0 Å². The van der Waals surface area contributed by atoms with Crippen LogP contribution in [-0.4, -0.2) is 62.0 Å². The summed E-state index contributed by atoms with van der Waals surface area (Å²) in [6.45, 7) is 12.7. The van der Waals surface area contributed by atoms with Crippen molar-refractivity contribution in [2.75, 3.05) is 40.0 Å². The maximum atomic E-state index is 9.34. The molecule has 1 unspecified atom stereocenters. The zero-order chi connectivity index (χ0) is 14.0. The van der Waals surface area contributed by atoms with E-state index < -0.39 is 0 Å². The third-order valence-corrected chi connectivity index (χ3v) is 2.82. The number of hydrogen-bond acceptors (Lipinski definition) is 4. The van der Waals surface area contributed by atoms with Gasteiger partial charge in [0, 0.05) is 32.3 Å². The lowest BCUT2D eigenvalue weighted by atomic mass is 10.1. The molecule has 0 rings (SSSR count). The van der Waals surface area contributed by atoms with Crippen molar-refractivity contribution in [1.82, 2.24) is 10.2 Å². The Hall–Kier alpha value is -0.160. The van der Waals surface area contributed by atoms with Crippen molar-refractivity contribution < 1.29 is 9.84 Å². The quantitative estimate of drug-likeness (QED) is 0.588. The molecule has 0 heterocycles. The Morgan fingerprint density at radius 2 is 1.83 bits per heavy atom. The smallest absolute Gasteiger partial charge is 0.0589 e. The first-order valence-electron chi connectivity index (χ1n) is 7.07. The van der Waals surface area contributed by atoms with Crippen LogP contribution in [0, 0.1) is 5.92 Å². The average Bonchev–Trinajstić information content (AvgIpc) is 2.29. The number of methoxy groups -OCH3 is 1. The van der Waals surface area contributed by atoms with Crippen molar-refractivity contribution in [3.8, 4) is 0 Å². The van der Waals surface area contributed by atoms with Gasteiger partial charge in [0.05, 0.1) is 13.2 Å². The monoisotopic (exact) mass is 260 g/mol. The van der Waals surface area contributed by atoms with Gasteiger partial charge in [-0.2, -0.15) is 0 Å². The minimum absolute atomic E-state index is 0.196. The van der Waals surface area contributed by atoms with E-state index in [4.69, 9.17) is 4.74 Å². The second-order valence-electron chi connectivity index (χ2n) is 5.68. The van der Waals surface area contributed by atoms with Gasteiger partial charge in [-0.25, -0.2) is 0 Å². The highest BCUT2D eigenvalue weighted by molar-refractivity contribution is 4.71. The number of aliphatic hydroxyl groups is 1. The number of nitrogens with one attached hydrogen (secondary N) is 1. The van der Waals surface area contributed by atoms with Crippen molar-refractivity contribution in [3.05, 3.63) is 0 Å². The molecule has 0 aromatic heterocycles. The Morgan fingerprint density at radius 3 is 2.28 bits per heavy atom. The molecule has 0 saturated carbocycles. The Kier molecular flexibility index (Phi) is 10.6. The van der Waals surface area contributed by atoms with Crippen LogP contribution >= 0.6 is 0 Å². The molecule has 4 heteroatoms. The molecule has 18 heavy (non-hydrogen) atoms. The molecule has 1 atom stereocenters. The van der Waals surface area contributed by atoms with Crippen LogP contribution in [0.15, 0.2) is 0 Å². The molecule has 0 aliphatic heterocycles. The van der Waals surface area contributed by atoms with E-state index in [-0.39, 0.29) is 12.6 Å². The topological polar surface area (TPSA) is 44.7 Å². The Balaban J connectivity index is 4.04. The molecule has 0 aliphatic carbocycles. The molecule has 2 N–H and O–H groups in total. The van der Waals surface area contributed by atoms with Crippen LogP contribution in [0.1, 0.15) is 34.1 Å². The molecule has 0 saturated heterocycles. The van der Waals surface area contributed by atoms with Crippen molar-refractivity contribution in [2.24, 2.45) is 5.92 Å². The SMILES string of the molecule is COCCN(CCC(CO)NC(C)C)CC(C)C. The van der Waals surface area contributed by atoms with Crippen LogP contribution in [0.2, 0.25) is 0 Å². The highest BCUT2D eigenvalue weighted by Gasteiger charge is 2.12. The zero-order valence-electron chi connectivity index (χ0n) is 12.8. The minimum Gasteiger partial charge on any atom is -0.395 e. The van der Waals surface area contributed by atoms with Gasteiger partial charge >= 0.3 is 0 Å². The minimum atomic E-state index is 0.196. The van der Waals surface area contributed by atoms with Crippen LogP contribution in [-0.2, 0) is 4.74 Å². The maximum Gasteiger partial charge on any atom is 0.0589 e. The molecule has 0 radical (unpaired) electrons. The molecule has 0 fully saturated rings. The first-order valence-corrected chi connectivity index (χ1v) is 7.07. The Bertz CT molecular complexity index is 187. The third-order valence-electron chi connectivity index (χ3n) is 2.82. The lowest BCUT2D eigenvalue weighted by Crippen LogP contribution is -2.41. The van der Waals surface area contributed by atoms with Gasteiger partial charge in [-0.3, -0.25) is 0 Å². The van der Waals surface area contributed by atoms with E-state index in [1.165, 1.54) is 0 Å². The van der Waals surface area contributed by atoms with Crippen molar-refractivity contribution >= 4 is 0 Å². The second-order valence-corrected chi connectivity index (χ2v) is 5.68. The molecule has 0 aromatic carbocycles. The predicted molar refractivity (Wildman–Crippen MR) is 76.9 cm³/mol. The fourth-order valence-electron chi connectivity index (χ4n) is 2.07. The number of nitrogens with zero attached hydrogens (tertiary/aromatic N) is 1. The molecular weight excluding hydrogens is 228 g/mol. The molecule has 110 valence electrons. The summed E-state index contributed by atoms with van der Waals surface area (Å²) in [6, 6.07) is 0.613. The molecular formula is C14H32N2O2. The Morgan fingerprint density at radius 1 is 1.17 bits per heavy atom. The summed E-state index contributed by atoms with van der Waals surface area (Å²) >= 11 is 0. The van der Waals surface area contributed by atoms with E-state index in [0.717, 1.165) is 32.7 Å². The number of rotatable bonds is 11. The van der Waals surface area contributed by atoms with Gasteiger partial charge in [0.2, 0.25) is 0 Å². The van der Waals surface area contributed by atoms with Crippen molar-refractivity contribution in [1.29, 1.82) is 0 Å². The maximum absolute atomic E-state index is 9.34. The van der Waals surface area contributed by atoms with Crippen LogP contribution in [0.3, 0.4) is 0 Å². The van der Waals surface area contributed by atoms with Gasteiger partial charge in [-0.05, 0) is 18.9 Å². The van der Waals surface area contributed by atoms with Gasteiger partial charge in [-0.1, -0.05) is 27.7 Å². The summed E-state index contributed by atoms with van der Waals surface area (Å²) in [6.07, 6.45) is 0.977. The van der Waals surface area contributed by atoms with Gasteiger partial charge in [0.25, 0.3) is 0 Å².